The zero-order valence-electron chi connectivity index (χ0n) is 14.1. The first kappa shape index (κ1) is 16.7. The number of nitrogens with one attached hydrogen (secondary N) is 2. The van der Waals surface area contributed by atoms with Crippen LogP contribution in [0.1, 0.15) is 50.5 Å². The van der Waals surface area contributed by atoms with E-state index in [0.29, 0.717) is 12.0 Å². The first-order chi connectivity index (χ1) is 10.7. The Hall–Kier alpha value is -1.71. The van der Waals surface area contributed by atoms with Gasteiger partial charge in [-0.3, -0.25) is 4.99 Å². The molecule has 4 nitrogen and oxygen atoms in total. The fourth-order valence-corrected chi connectivity index (χ4v) is 2.96. The van der Waals surface area contributed by atoms with Gasteiger partial charge in [-0.05, 0) is 42.9 Å². The van der Waals surface area contributed by atoms with Crippen molar-refractivity contribution in [3.8, 4) is 5.75 Å². The van der Waals surface area contributed by atoms with Crippen LogP contribution in [0.25, 0.3) is 0 Å². The Morgan fingerprint density at radius 1 is 1.27 bits per heavy atom. The number of benzene rings is 1. The lowest BCUT2D eigenvalue weighted by molar-refractivity contribution is 0.414. The van der Waals surface area contributed by atoms with Gasteiger partial charge in [-0.15, -0.1) is 0 Å². The van der Waals surface area contributed by atoms with E-state index in [0.717, 1.165) is 24.7 Å². The predicted molar refractivity (Wildman–Crippen MR) is 92.8 cm³/mol. The largest absolute Gasteiger partial charge is 0.497 e. The van der Waals surface area contributed by atoms with Gasteiger partial charge in [0.05, 0.1) is 7.11 Å². The molecule has 22 heavy (non-hydrogen) atoms. The van der Waals surface area contributed by atoms with Crippen molar-refractivity contribution < 1.29 is 4.74 Å². The standard InChI is InChI=1S/C18H29N3O/c1-14(15-8-10-17(22-3)11-9-15)12-13-20-18(19-2)21-16-6-4-5-7-16/h8-11,14,16H,4-7,12-13H2,1-3H3,(H2,19,20,21). The van der Waals surface area contributed by atoms with Crippen molar-refractivity contribution in [2.45, 2.75) is 51.0 Å². The molecule has 1 aliphatic rings. The van der Waals surface area contributed by atoms with E-state index in [2.05, 4.69) is 34.7 Å². The normalized spacial score (nSPS) is 17.3. The zero-order chi connectivity index (χ0) is 15.8. The molecule has 2 N–H and O–H groups in total. The van der Waals surface area contributed by atoms with Crippen molar-refractivity contribution in [1.82, 2.24) is 10.6 Å². The number of aliphatic imine (C=N–C) groups is 1. The highest BCUT2D eigenvalue weighted by molar-refractivity contribution is 5.79. The summed E-state index contributed by atoms with van der Waals surface area (Å²) < 4.78 is 5.20. The van der Waals surface area contributed by atoms with Crippen molar-refractivity contribution in [3.63, 3.8) is 0 Å². The van der Waals surface area contributed by atoms with E-state index in [-0.39, 0.29) is 0 Å². The molecule has 1 atom stereocenters. The van der Waals surface area contributed by atoms with Crippen molar-refractivity contribution in [1.29, 1.82) is 0 Å². The van der Waals surface area contributed by atoms with Crippen molar-refractivity contribution in [3.05, 3.63) is 29.8 Å². The molecule has 1 aliphatic carbocycles. The molecule has 0 heterocycles. The average molecular weight is 303 g/mol. The first-order valence-corrected chi connectivity index (χ1v) is 8.34. The molecule has 4 heteroatoms. The molecule has 0 saturated heterocycles. The number of ether oxygens (including phenoxy) is 1. The van der Waals surface area contributed by atoms with E-state index >= 15 is 0 Å². The molecule has 1 aromatic rings. The molecule has 0 aromatic heterocycles. The zero-order valence-corrected chi connectivity index (χ0v) is 14.1. The summed E-state index contributed by atoms with van der Waals surface area (Å²) in [6.45, 7) is 3.19. The number of hydrogen-bond acceptors (Lipinski definition) is 2. The fourth-order valence-electron chi connectivity index (χ4n) is 2.96. The lowest BCUT2D eigenvalue weighted by Gasteiger charge is -2.18. The molecule has 1 fully saturated rings. The van der Waals surface area contributed by atoms with Crippen molar-refractivity contribution in [2.75, 3.05) is 20.7 Å². The van der Waals surface area contributed by atoms with Crippen LogP contribution in [0, 0.1) is 0 Å². The molecule has 2 rings (SSSR count). The Kier molecular flexibility index (Phi) is 6.56. The molecular weight excluding hydrogens is 274 g/mol. The second-order valence-electron chi connectivity index (χ2n) is 6.09. The minimum absolute atomic E-state index is 0.517. The Balaban J connectivity index is 1.73. The second-order valence-corrected chi connectivity index (χ2v) is 6.09. The van der Waals surface area contributed by atoms with Crippen LogP contribution in [0.5, 0.6) is 5.75 Å². The Bertz CT molecular complexity index is 464. The molecule has 0 bridgehead atoms. The second kappa shape index (κ2) is 8.66. The minimum atomic E-state index is 0.517. The van der Waals surface area contributed by atoms with E-state index in [1.807, 2.05) is 19.2 Å². The number of nitrogens with zero attached hydrogens (tertiary/aromatic N) is 1. The SMILES string of the molecule is CN=C(NCCC(C)c1ccc(OC)cc1)NC1CCCC1. The summed E-state index contributed by atoms with van der Waals surface area (Å²) in [5, 5.41) is 6.95. The molecule has 122 valence electrons. The number of guanidine groups is 1. The smallest absolute Gasteiger partial charge is 0.191 e. The van der Waals surface area contributed by atoms with Gasteiger partial charge in [0.25, 0.3) is 0 Å². The minimum Gasteiger partial charge on any atom is -0.497 e. The van der Waals surface area contributed by atoms with E-state index < -0.39 is 0 Å². The Morgan fingerprint density at radius 2 is 1.95 bits per heavy atom. The monoisotopic (exact) mass is 303 g/mol. The third-order valence-electron chi connectivity index (χ3n) is 4.47. The van der Waals surface area contributed by atoms with Crippen molar-refractivity contribution >= 4 is 5.96 Å². The van der Waals surface area contributed by atoms with Crippen LogP contribution in [0.2, 0.25) is 0 Å². The van der Waals surface area contributed by atoms with Crippen LogP contribution in [-0.2, 0) is 0 Å². The maximum Gasteiger partial charge on any atom is 0.191 e. The topological polar surface area (TPSA) is 45.7 Å². The summed E-state index contributed by atoms with van der Waals surface area (Å²) >= 11 is 0. The molecule has 0 radical (unpaired) electrons. The number of hydrogen-bond donors (Lipinski definition) is 2. The molecule has 1 aromatic carbocycles. The van der Waals surface area contributed by atoms with Crippen LogP contribution < -0.4 is 15.4 Å². The molecule has 1 saturated carbocycles. The highest BCUT2D eigenvalue weighted by atomic mass is 16.5. The third-order valence-corrected chi connectivity index (χ3v) is 4.47. The van der Waals surface area contributed by atoms with E-state index in [1.165, 1.54) is 31.2 Å². The van der Waals surface area contributed by atoms with Gasteiger partial charge in [-0.25, -0.2) is 0 Å². The summed E-state index contributed by atoms with van der Waals surface area (Å²) in [7, 11) is 3.54. The summed E-state index contributed by atoms with van der Waals surface area (Å²) in [4.78, 5) is 4.32. The van der Waals surface area contributed by atoms with Crippen LogP contribution >= 0.6 is 0 Å². The quantitative estimate of drug-likeness (QED) is 0.626. The summed E-state index contributed by atoms with van der Waals surface area (Å²) in [6.07, 6.45) is 6.29. The lowest BCUT2D eigenvalue weighted by Crippen LogP contribution is -2.42. The van der Waals surface area contributed by atoms with Gasteiger partial charge in [-0.2, -0.15) is 0 Å². The summed E-state index contributed by atoms with van der Waals surface area (Å²) in [6, 6.07) is 8.95. The number of rotatable bonds is 6. The Labute approximate surface area is 134 Å². The Morgan fingerprint density at radius 3 is 2.55 bits per heavy atom. The highest BCUT2D eigenvalue weighted by Crippen LogP contribution is 2.21. The molecule has 0 aliphatic heterocycles. The first-order valence-electron chi connectivity index (χ1n) is 8.34. The van der Waals surface area contributed by atoms with E-state index in [1.54, 1.807) is 7.11 Å². The van der Waals surface area contributed by atoms with E-state index in [4.69, 9.17) is 4.74 Å². The molecular formula is C18H29N3O. The highest BCUT2D eigenvalue weighted by Gasteiger charge is 2.15. The average Bonchev–Trinajstić information content (AvgIpc) is 3.06. The van der Waals surface area contributed by atoms with Crippen LogP contribution in [0.15, 0.2) is 29.3 Å². The van der Waals surface area contributed by atoms with Crippen LogP contribution in [0.4, 0.5) is 0 Å². The molecule has 0 spiro atoms. The summed E-state index contributed by atoms with van der Waals surface area (Å²) in [5.41, 5.74) is 1.35. The maximum absolute atomic E-state index is 5.20. The molecule has 0 amide bonds. The van der Waals surface area contributed by atoms with Gasteiger partial charge in [0.15, 0.2) is 5.96 Å². The van der Waals surface area contributed by atoms with Gasteiger partial charge in [0.2, 0.25) is 0 Å². The molecule has 1 unspecified atom stereocenters. The van der Waals surface area contributed by atoms with E-state index in [9.17, 15) is 0 Å². The van der Waals surface area contributed by atoms with Gasteiger partial charge >= 0.3 is 0 Å². The fraction of sp³-hybridized carbons (Fsp3) is 0.611. The summed E-state index contributed by atoms with van der Waals surface area (Å²) in [5.74, 6) is 2.37. The maximum atomic E-state index is 5.20. The number of methoxy groups -OCH3 is 1. The van der Waals surface area contributed by atoms with Gasteiger partial charge in [0.1, 0.15) is 5.75 Å². The van der Waals surface area contributed by atoms with Crippen molar-refractivity contribution in [2.24, 2.45) is 4.99 Å². The predicted octanol–water partition coefficient (Wildman–Crippen LogP) is 3.30. The van der Waals surface area contributed by atoms with Gasteiger partial charge in [-0.1, -0.05) is 31.9 Å². The van der Waals surface area contributed by atoms with Gasteiger partial charge < -0.3 is 15.4 Å². The van der Waals surface area contributed by atoms with Gasteiger partial charge in [0, 0.05) is 19.6 Å². The van der Waals surface area contributed by atoms with Crippen LogP contribution in [0.3, 0.4) is 0 Å². The van der Waals surface area contributed by atoms with Crippen LogP contribution in [-0.4, -0.2) is 32.7 Å². The lowest BCUT2D eigenvalue weighted by atomic mass is 9.98. The third kappa shape index (κ3) is 4.93.